The molecule has 0 amide bonds. The summed E-state index contributed by atoms with van der Waals surface area (Å²) in [6, 6.07) is 13.1. The molecule has 1 aromatic heterocycles. The van der Waals surface area contributed by atoms with E-state index in [1.807, 2.05) is 24.3 Å². The number of H-pyrrole nitrogens is 1. The van der Waals surface area contributed by atoms with Gasteiger partial charge in [0, 0.05) is 56.1 Å². The Morgan fingerprint density at radius 2 is 1.87 bits per heavy atom. The molecule has 3 aromatic rings. The van der Waals surface area contributed by atoms with E-state index < -0.39 is 7.49 Å². The predicted molar refractivity (Wildman–Crippen MR) is 119 cm³/mol. The molecule has 1 radical (unpaired) electrons. The van der Waals surface area contributed by atoms with Crippen LogP contribution >= 0.6 is 7.49 Å². The highest BCUT2D eigenvalue weighted by Crippen LogP contribution is 2.55. The van der Waals surface area contributed by atoms with Gasteiger partial charge in [-0.2, -0.15) is 5.10 Å². The molecule has 157 valence electrons. The standard InChI is InChI=1S/C23H26FN3O2P/c24-20-9-8-16(14-21-18-6-1-2-7-19(18)23(28)26-25-21)15-22(20)30(29)12-10-27(11-13-30)17-4-3-5-17/h1-2,6-9,15,17,29H,3-5,10-14H2,(H,26,28). The van der Waals surface area contributed by atoms with Crippen molar-refractivity contribution >= 4 is 23.6 Å². The monoisotopic (exact) mass is 426 g/mol. The van der Waals surface area contributed by atoms with Crippen LogP contribution in [0.25, 0.3) is 10.8 Å². The number of aromatic nitrogens is 2. The minimum absolute atomic E-state index is 0.215. The zero-order valence-electron chi connectivity index (χ0n) is 16.9. The lowest BCUT2D eigenvalue weighted by atomic mass is 9.91. The summed E-state index contributed by atoms with van der Waals surface area (Å²) in [6.07, 6.45) is 5.58. The molecule has 1 saturated heterocycles. The van der Waals surface area contributed by atoms with E-state index >= 15 is 0 Å². The Bertz CT molecular complexity index is 1140. The predicted octanol–water partition coefficient (Wildman–Crippen LogP) is 3.07. The Morgan fingerprint density at radius 3 is 2.57 bits per heavy atom. The molecule has 1 aliphatic heterocycles. The van der Waals surface area contributed by atoms with Gasteiger partial charge in [-0.3, -0.25) is 9.69 Å². The zero-order chi connectivity index (χ0) is 20.7. The third kappa shape index (κ3) is 3.58. The van der Waals surface area contributed by atoms with E-state index in [2.05, 4.69) is 15.1 Å². The summed E-state index contributed by atoms with van der Waals surface area (Å²) in [7, 11) is -2.50. The van der Waals surface area contributed by atoms with Crippen molar-refractivity contribution in [3.8, 4) is 0 Å². The van der Waals surface area contributed by atoms with Gasteiger partial charge in [0.25, 0.3) is 5.56 Å². The Balaban J connectivity index is 1.42. The summed E-state index contributed by atoms with van der Waals surface area (Å²) in [4.78, 5) is 25.9. The smallest absolute Gasteiger partial charge is 0.272 e. The highest BCUT2D eigenvalue weighted by molar-refractivity contribution is 7.77. The third-order valence-corrected chi connectivity index (χ3v) is 9.83. The van der Waals surface area contributed by atoms with Gasteiger partial charge >= 0.3 is 0 Å². The molecule has 2 heterocycles. The van der Waals surface area contributed by atoms with Crippen LogP contribution in [0.1, 0.15) is 30.5 Å². The van der Waals surface area contributed by atoms with Gasteiger partial charge in [-0.05, 0) is 36.6 Å². The second kappa shape index (κ2) is 7.84. The van der Waals surface area contributed by atoms with Crippen LogP contribution in [0.2, 0.25) is 0 Å². The molecule has 2 N–H and O–H groups in total. The van der Waals surface area contributed by atoms with Crippen molar-refractivity contribution in [3.63, 3.8) is 0 Å². The molecule has 7 heteroatoms. The van der Waals surface area contributed by atoms with E-state index in [-0.39, 0.29) is 11.4 Å². The summed E-state index contributed by atoms with van der Waals surface area (Å²) >= 11 is 0. The first-order valence-electron chi connectivity index (χ1n) is 10.6. The number of nitrogens with one attached hydrogen (secondary N) is 1. The molecule has 2 fully saturated rings. The average molecular weight is 426 g/mol. The first-order chi connectivity index (χ1) is 14.5. The maximum Gasteiger partial charge on any atom is 0.272 e. The van der Waals surface area contributed by atoms with Gasteiger partial charge < -0.3 is 4.89 Å². The number of fused-ring (bicyclic) bond motifs is 1. The van der Waals surface area contributed by atoms with Gasteiger partial charge in [0.05, 0.1) is 11.1 Å². The molecule has 5 rings (SSSR count). The van der Waals surface area contributed by atoms with E-state index in [0.717, 1.165) is 29.7 Å². The highest BCUT2D eigenvalue weighted by atomic mass is 31.2. The van der Waals surface area contributed by atoms with E-state index in [0.29, 0.717) is 35.5 Å². The number of aromatic amines is 1. The van der Waals surface area contributed by atoms with Crippen LogP contribution in [0.15, 0.2) is 47.3 Å². The molecule has 30 heavy (non-hydrogen) atoms. The molecule has 5 nitrogen and oxygen atoms in total. The molecular formula is C23H26FN3O2P. The minimum atomic E-state index is -2.50. The van der Waals surface area contributed by atoms with Crippen molar-refractivity contribution in [2.24, 2.45) is 0 Å². The third-order valence-electron chi connectivity index (χ3n) is 6.71. The number of nitrogens with zero attached hydrogens (tertiary/aromatic N) is 2. The molecule has 0 spiro atoms. The lowest BCUT2D eigenvalue weighted by molar-refractivity contribution is 0.137. The summed E-state index contributed by atoms with van der Waals surface area (Å²) in [6.45, 7) is 1.70. The number of halogens is 1. The van der Waals surface area contributed by atoms with Crippen molar-refractivity contribution in [1.29, 1.82) is 0 Å². The molecule has 0 bridgehead atoms. The zero-order valence-corrected chi connectivity index (χ0v) is 17.7. The van der Waals surface area contributed by atoms with E-state index in [9.17, 15) is 14.1 Å². The van der Waals surface area contributed by atoms with Crippen LogP contribution in [0.3, 0.4) is 0 Å². The van der Waals surface area contributed by atoms with E-state index in [4.69, 9.17) is 0 Å². The van der Waals surface area contributed by atoms with Gasteiger partial charge in [-0.1, -0.05) is 30.7 Å². The van der Waals surface area contributed by atoms with Crippen LogP contribution in [0.5, 0.6) is 0 Å². The Morgan fingerprint density at radius 1 is 1.13 bits per heavy atom. The molecule has 0 unspecified atom stereocenters. The maximum atomic E-state index is 14.8. The second-order valence-corrected chi connectivity index (χ2v) is 11.7. The van der Waals surface area contributed by atoms with Crippen LogP contribution in [0.4, 0.5) is 4.39 Å². The van der Waals surface area contributed by atoms with Crippen molar-refractivity contribution in [3.05, 3.63) is 69.9 Å². The number of hydrogen-bond acceptors (Lipinski definition) is 4. The van der Waals surface area contributed by atoms with Crippen molar-refractivity contribution in [2.75, 3.05) is 25.4 Å². The van der Waals surface area contributed by atoms with Crippen molar-refractivity contribution in [1.82, 2.24) is 15.1 Å². The Labute approximate surface area is 175 Å². The lowest BCUT2D eigenvalue weighted by Crippen LogP contribution is -2.48. The highest BCUT2D eigenvalue weighted by Gasteiger charge is 2.37. The average Bonchev–Trinajstić information content (AvgIpc) is 2.72. The van der Waals surface area contributed by atoms with Crippen LogP contribution in [-0.2, 0) is 6.42 Å². The van der Waals surface area contributed by atoms with Crippen molar-refractivity contribution in [2.45, 2.75) is 31.7 Å². The van der Waals surface area contributed by atoms with Gasteiger partial charge in [0.1, 0.15) is 5.82 Å². The lowest BCUT2D eigenvalue weighted by Gasteiger charge is -2.45. The quantitative estimate of drug-likeness (QED) is 0.630. The normalized spacial score (nSPS) is 19.7. The largest absolute Gasteiger partial charge is 0.375 e. The molecule has 1 saturated carbocycles. The van der Waals surface area contributed by atoms with E-state index in [1.54, 1.807) is 12.1 Å². The number of hydrogen-bond donors (Lipinski definition) is 2. The summed E-state index contributed by atoms with van der Waals surface area (Å²) in [5.74, 6) is -0.314. The van der Waals surface area contributed by atoms with Gasteiger partial charge in [-0.25, -0.2) is 9.49 Å². The fourth-order valence-electron chi connectivity index (χ4n) is 4.66. The number of benzene rings is 2. The first kappa shape index (κ1) is 19.8. The number of rotatable bonds is 4. The molecule has 2 aliphatic rings. The fourth-order valence-corrected chi connectivity index (χ4v) is 7.42. The minimum Gasteiger partial charge on any atom is -0.375 e. The summed E-state index contributed by atoms with van der Waals surface area (Å²) in [5.41, 5.74) is 1.42. The van der Waals surface area contributed by atoms with Gasteiger partial charge in [-0.15, -0.1) is 0 Å². The molecule has 1 aliphatic carbocycles. The molecule has 0 atom stereocenters. The van der Waals surface area contributed by atoms with Crippen LogP contribution in [-0.4, -0.2) is 51.4 Å². The first-order valence-corrected chi connectivity index (χ1v) is 12.7. The second-order valence-electron chi connectivity index (χ2n) is 8.50. The Kier molecular flexibility index (Phi) is 5.18. The molecule has 2 aromatic carbocycles. The van der Waals surface area contributed by atoms with Gasteiger partial charge in [0.15, 0.2) is 0 Å². The Hall–Kier alpha value is -2.14. The SMILES string of the molecule is O=c1[nH]nc(Cc2ccc(F)c([P]3(O)CCN(C4CCC4)CC3)c2)c2ccccc12. The summed E-state index contributed by atoms with van der Waals surface area (Å²) < 4.78 is 14.8. The van der Waals surface area contributed by atoms with Crippen LogP contribution in [0, 0.1) is 5.82 Å². The fraction of sp³-hybridized carbons (Fsp3) is 0.391. The van der Waals surface area contributed by atoms with E-state index in [1.165, 1.54) is 25.3 Å². The maximum absolute atomic E-state index is 14.8. The topological polar surface area (TPSA) is 69.2 Å². The summed E-state index contributed by atoms with van der Waals surface area (Å²) in [5, 5.41) is 8.68. The molecular weight excluding hydrogens is 400 g/mol. The van der Waals surface area contributed by atoms with Gasteiger partial charge in [0.2, 0.25) is 0 Å². The van der Waals surface area contributed by atoms with Crippen LogP contribution < -0.4 is 10.9 Å². The van der Waals surface area contributed by atoms with Crippen molar-refractivity contribution < 1.29 is 9.28 Å².